The minimum Gasteiger partial charge on any atom is -0.465 e. The molecule has 122 valence electrons. The maximum absolute atomic E-state index is 11.5. The van der Waals surface area contributed by atoms with Gasteiger partial charge in [-0.15, -0.1) is 0 Å². The van der Waals surface area contributed by atoms with Gasteiger partial charge in [0, 0.05) is 13.1 Å². The lowest BCUT2D eigenvalue weighted by Crippen LogP contribution is -2.36. The Morgan fingerprint density at radius 1 is 1.30 bits per heavy atom. The van der Waals surface area contributed by atoms with Crippen LogP contribution in [0.4, 0.5) is 0 Å². The smallest absolute Gasteiger partial charge is 0.337 e. The van der Waals surface area contributed by atoms with E-state index in [1.807, 2.05) is 16.8 Å². The first-order valence-corrected chi connectivity index (χ1v) is 7.99. The van der Waals surface area contributed by atoms with E-state index in [2.05, 4.69) is 27.1 Å². The summed E-state index contributed by atoms with van der Waals surface area (Å²) >= 11 is 0. The fourth-order valence-electron chi connectivity index (χ4n) is 3.13. The molecule has 6 heteroatoms. The molecule has 1 unspecified atom stereocenters. The average Bonchev–Trinajstić information content (AvgIpc) is 3.13. The van der Waals surface area contributed by atoms with Gasteiger partial charge in [-0.3, -0.25) is 4.68 Å². The molecule has 1 aromatic carbocycles. The molecule has 0 aliphatic carbocycles. The van der Waals surface area contributed by atoms with Gasteiger partial charge in [-0.05, 0) is 43.0 Å². The summed E-state index contributed by atoms with van der Waals surface area (Å²) in [4.78, 5) is 18.0. The second-order valence-electron chi connectivity index (χ2n) is 5.91. The van der Waals surface area contributed by atoms with Crippen molar-refractivity contribution in [2.75, 3.05) is 26.7 Å². The van der Waals surface area contributed by atoms with Crippen LogP contribution in [0.25, 0.3) is 0 Å². The molecule has 1 aliphatic heterocycles. The zero-order chi connectivity index (χ0) is 16.1. The van der Waals surface area contributed by atoms with Crippen molar-refractivity contribution in [2.45, 2.75) is 25.3 Å². The van der Waals surface area contributed by atoms with Crippen molar-refractivity contribution in [1.29, 1.82) is 0 Å². The molecular formula is C17H22N4O2. The van der Waals surface area contributed by atoms with Crippen molar-refractivity contribution in [3.05, 3.63) is 48.0 Å². The van der Waals surface area contributed by atoms with Gasteiger partial charge in [0.15, 0.2) is 0 Å². The van der Waals surface area contributed by atoms with Crippen LogP contribution >= 0.6 is 0 Å². The van der Waals surface area contributed by atoms with Crippen LogP contribution in [0.15, 0.2) is 36.9 Å². The molecule has 1 aliphatic rings. The Labute approximate surface area is 136 Å². The number of nitrogens with zero attached hydrogens (tertiary/aromatic N) is 4. The molecule has 0 saturated carbocycles. The number of carbonyl (C=O) groups excluding carboxylic acids is 1. The maximum Gasteiger partial charge on any atom is 0.337 e. The van der Waals surface area contributed by atoms with Gasteiger partial charge in [-0.1, -0.05) is 12.1 Å². The summed E-state index contributed by atoms with van der Waals surface area (Å²) in [5, 5.41) is 4.15. The van der Waals surface area contributed by atoms with Crippen LogP contribution < -0.4 is 0 Å². The van der Waals surface area contributed by atoms with Crippen LogP contribution in [0.1, 0.15) is 34.7 Å². The van der Waals surface area contributed by atoms with Crippen molar-refractivity contribution < 1.29 is 9.53 Å². The van der Waals surface area contributed by atoms with E-state index in [-0.39, 0.29) is 5.97 Å². The Hall–Kier alpha value is -2.21. The summed E-state index contributed by atoms with van der Waals surface area (Å²) in [6.45, 7) is 4.03. The van der Waals surface area contributed by atoms with E-state index < -0.39 is 0 Å². The highest BCUT2D eigenvalue weighted by atomic mass is 16.5. The lowest BCUT2D eigenvalue weighted by atomic mass is 9.90. The number of methoxy groups -OCH3 is 1. The molecule has 0 spiro atoms. The molecule has 1 aromatic heterocycles. The van der Waals surface area contributed by atoms with E-state index in [1.54, 1.807) is 12.7 Å². The topological polar surface area (TPSA) is 60.2 Å². The molecule has 23 heavy (non-hydrogen) atoms. The molecule has 1 atom stereocenters. The lowest BCUT2D eigenvalue weighted by molar-refractivity contribution is 0.0600. The Morgan fingerprint density at radius 2 is 2.13 bits per heavy atom. The van der Waals surface area contributed by atoms with E-state index >= 15 is 0 Å². The van der Waals surface area contributed by atoms with Crippen LogP contribution in [0.2, 0.25) is 0 Å². The van der Waals surface area contributed by atoms with E-state index in [0.29, 0.717) is 11.5 Å². The van der Waals surface area contributed by atoms with Gasteiger partial charge < -0.3 is 9.64 Å². The summed E-state index contributed by atoms with van der Waals surface area (Å²) in [7, 11) is 1.41. The van der Waals surface area contributed by atoms with Crippen molar-refractivity contribution in [1.82, 2.24) is 19.7 Å². The van der Waals surface area contributed by atoms with Crippen molar-refractivity contribution in [3.8, 4) is 0 Å². The molecule has 2 aromatic rings. The molecule has 0 bridgehead atoms. The quantitative estimate of drug-likeness (QED) is 0.789. The largest absolute Gasteiger partial charge is 0.465 e. The Morgan fingerprint density at radius 3 is 2.83 bits per heavy atom. The summed E-state index contributed by atoms with van der Waals surface area (Å²) in [5.41, 5.74) is 1.90. The number of piperidine rings is 1. The Balaban J connectivity index is 1.58. The maximum atomic E-state index is 11.5. The van der Waals surface area contributed by atoms with Crippen LogP contribution in [-0.4, -0.2) is 52.4 Å². The summed E-state index contributed by atoms with van der Waals surface area (Å²) in [5.74, 6) is 0.237. The minimum absolute atomic E-state index is 0.283. The van der Waals surface area contributed by atoms with E-state index in [1.165, 1.54) is 25.5 Å². The van der Waals surface area contributed by atoms with Gasteiger partial charge in [0.1, 0.15) is 12.7 Å². The summed E-state index contributed by atoms with van der Waals surface area (Å²) in [6, 6.07) is 7.82. The predicted molar refractivity (Wildman–Crippen MR) is 86.2 cm³/mol. The number of benzene rings is 1. The van der Waals surface area contributed by atoms with Crippen molar-refractivity contribution in [2.24, 2.45) is 0 Å². The first-order chi connectivity index (χ1) is 11.3. The molecule has 3 rings (SSSR count). The van der Waals surface area contributed by atoms with E-state index in [9.17, 15) is 4.79 Å². The average molecular weight is 314 g/mol. The van der Waals surface area contributed by atoms with Gasteiger partial charge in [0.2, 0.25) is 0 Å². The number of carbonyl (C=O) groups is 1. The zero-order valence-corrected chi connectivity index (χ0v) is 13.4. The number of esters is 1. The van der Waals surface area contributed by atoms with Crippen molar-refractivity contribution >= 4 is 5.97 Å². The van der Waals surface area contributed by atoms with Gasteiger partial charge >= 0.3 is 5.97 Å². The first-order valence-electron chi connectivity index (χ1n) is 7.99. The lowest BCUT2D eigenvalue weighted by Gasteiger charge is -2.33. The van der Waals surface area contributed by atoms with Crippen LogP contribution in [0.5, 0.6) is 0 Å². The van der Waals surface area contributed by atoms with Gasteiger partial charge in [-0.2, -0.15) is 5.10 Å². The third kappa shape index (κ3) is 3.96. The standard InChI is InChI=1S/C17H22N4O2/c1-23-17(22)15-6-4-14(5-7-15)16-3-2-8-20(11-16)9-10-21-13-18-12-19-21/h4-7,12-13,16H,2-3,8-11H2,1H3. The van der Waals surface area contributed by atoms with Gasteiger partial charge in [0.25, 0.3) is 0 Å². The highest BCUT2D eigenvalue weighted by Gasteiger charge is 2.21. The van der Waals surface area contributed by atoms with E-state index in [0.717, 1.165) is 26.2 Å². The van der Waals surface area contributed by atoms with Crippen LogP contribution in [-0.2, 0) is 11.3 Å². The molecular weight excluding hydrogens is 292 g/mol. The Kier molecular flexibility index (Phi) is 5.02. The van der Waals surface area contributed by atoms with E-state index in [4.69, 9.17) is 4.74 Å². The zero-order valence-electron chi connectivity index (χ0n) is 13.4. The normalized spacial score (nSPS) is 18.7. The van der Waals surface area contributed by atoms with Crippen LogP contribution in [0.3, 0.4) is 0 Å². The predicted octanol–water partition coefficient (Wildman–Crippen LogP) is 1.94. The fourth-order valence-corrected chi connectivity index (χ4v) is 3.13. The number of rotatable bonds is 5. The Bertz CT molecular complexity index is 625. The minimum atomic E-state index is -0.283. The molecule has 0 amide bonds. The van der Waals surface area contributed by atoms with Crippen LogP contribution in [0, 0.1) is 0 Å². The summed E-state index contributed by atoms with van der Waals surface area (Å²) in [6.07, 6.45) is 5.72. The molecule has 6 nitrogen and oxygen atoms in total. The third-order valence-electron chi connectivity index (χ3n) is 4.42. The van der Waals surface area contributed by atoms with Crippen molar-refractivity contribution in [3.63, 3.8) is 0 Å². The second-order valence-corrected chi connectivity index (χ2v) is 5.91. The number of aromatic nitrogens is 3. The number of ether oxygens (including phenoxy) is 1. The SMILES string of the molecule is COC(=O)c1ccc(C2CCCN(CCn3cncn3)C2)cc1. The van der Waals surface area contributed by atoms with Gasteiger partial charge in [-0.25, -0.2) is 9.78 Å². The summed E-state index contributed by atoms with van der Waals surface area (Å²) < 4.78 is 6.62. The molecule has 1 fully saturated rings. The molecule has 0 N–H and O–H groups in total. The highest BCUT2D eigenvalue weighted by Crippen LogP contribution is 2.27. The number of hydrogen-bond acceptors (Lipinski definition) is 5. The third-order valence-corrected chi connectivity index (χ3v) is 4.42. The second kappa shape index (κ2) is 7.37. The van der Waals surface area contributed by atoms with Gasteiger partial charge in [0.05, 0.1) is 19.2 Å². The first kappa shape index (κ1) is 15.7. The number of likely N-dealkylation sites (tertiary alicyclic amines) is 1. The highest BCUT2D eigenvalue weighted by molar-refractivity contribution is 5.89. The molecule has 1 saturated heterocycles. The molecule has 2 heterocycles. The fraction of sp³-hybridized carbons (Fsp3) is 0.471. The monoisotopic (exact) mass is 314 g/mol. The number of hydrogen-bond donors (Lipinski definition) is 0. The molecule has 0 radical (unpaired) electrons.